The Hall–Kier alpha value is -1.26. The predicted octanol–water partition coefficient (Wildman–Crippen LogP) is 3.57. The minimum atomic E-state index is 0.442. The molecule has 0 aliphatic heterocycles. The van der Waals surface area contributed by atoms with Crippen LogP contribution < -0.4 is 9.47 Å². The number of hydrogen-bond donors (Lipinski definition) is 0. The van der Waals surface area contributed by atoms with E-state index in [1.54, 1.807) is 25.6 Å². The molecule has 0 amide bonds. The van der Waals surface area contributed by atoms with E-state index in [9.17, 15) is 0 Å². The fraction of sp³-hybridized carbons (Fsp3) is 0.250. The molecule has 0 fully saturated rings. The van der Waals surface area contributed by atoms with Crippen molar-refractivity contribution in [2.45, 2.75) is 5.88 Å². The van der Waals surface area contributed by atoms with Gasteiger partial charge < -0.3 is 9.47 Å². The predicted molar refractivity (Wildman–Crippen MR) is 70.2 cm³/mol. The first-order valence-electron chi connectivity index (χ1n) is 5.01. The number of alkyl halides is 1. The molecule has 0 bridgehead atoms. The molecule has 3 nitrogen and oxygen atoms in total. The first kappa shape index (κ1) is 12.2. The molecule has 0 radical (unpaired) electrons. The second-order valence-corrected chi connectivity index (χ2v) is 4.54. The average molecular weight is 270 g/mol. The van der Waals surface area contributed by atoms with Crippen LogP contribution in [0, 0.1) is 0 Å². The number of rotatable bonds is 4. The lowest BCUT2D eigenvalue weighted by atomic mass is 10.1. The zero-order valence-corrected chi connectivity index (χ0v) is 11.1. The third-order valence-electron chi connectivity index (χ3n) is 2.35. The summed E-state index contributed by atoms with van der Waals surface area (Å²) in [6.07, 6.45) is 0. The third kappa shape index (κ3) is 2.53. The topological polar surface area (TPSA) is 31.4 Å². The molecule has 17 heavy (non-hydrogen) atoms. The van der Waals surface area contributed by atoms with E-state index < -0.39 is 0 Å². The van der Waals surface area contributed by atoms with E-state index in [4.69, 9.17) is 21.1 Å². The second-order valence-electron chi connectivity index (χ2n) is 3.33. The smallest absolute Gasteiger partial charge is 0.161 e. The zero-order chi connectivity index (χ0) is 12.3. The summed E-state index contributed by atoms with van der Waals surface area (Å²) in [5, 5.41) is 2.90. The Labute approximate surface area is 109 Å². The van der Waals surface area contributed by atoms with E-state index in [0.29, 0.717) is 17.4 Å². The number of benzene rings is 1. The highest BCUT2D eigenvalue weighted by Gasteiger charge is 2.08. The molecule has 0 aliphatic rings. The first-order chi connectivity index (χ1) is 8.28. The summed E-state index contributed by atoms with van der Waals surface area (Å²) >= 11 is 7.29. The molecule has 0 N–H and O–H groups in total. The van der Waals surface area contributed by atoms with Crippen LogP contribution in [0.2, 0.25) is 0 Å². The van der Waals surface area contributed by atoms with Gasteiger partial charge in [-0.05, 0) is 18.2 Å². The highest BCUT2D eigenvalue weighted by atomic mass is 35.5. The average Bonchev–Trinajstić information content (AvgIpc) is 2.86. The van der Waals surface area contributed by atoms with Gasteiger partial charge in [-0.25, -0.2) is 4.98 Å². The van der Waals surface area contributed by atoms with Crippen molar-refractivity contribution in [2.24, 2.45) is 0 Å². The van der Waals surface area contributed by atoms with Crippen LogP contribution in [-0.2, 0) is 5.88 Å². The highest BCUT2D eigenvalue weighted by Crippen LogP contribution is 2.32. The summed E-state index contributed by atoms with van der Waals surface area (Å²) in [7, 11) is 3.23. The van der Waals surface area contributed by atoms with Crippen LogP contribution in [0.15, 0.2) is 23.6 Å². The molecule has 1 aromatic carbocycles. The minimum Gasteiger partial charge on any atom is -0.493 e. The van der Waals surface area contributed by atoms with Crippen molar-refractivity contribution in [1.29, 1.82) is 0 Å². The molecule has 1 heterocycles. The summed E-state index contributed by atoms with van der Waals surface area (Å²) in [4.78, 5) is 4.42. The normalized spacial score (nSPS) is 10.3. The Bertz CT molecular complexity index is 513. The number of halogens is 1. The van der Waals surface area contributed by atoms with E-state index in [2.05, 4.69) is 4.98 Å². The number of thiazole rings is 1. The van der Waals surface area contributed by atoms with Crippen LogP contribution in [0.25, 0.3) is 11.3 Å². The fourth-order valence-electron chi connectivity index (χ4n) is 1.50. The molecule has 1 aromatic heterocycles. The molecule has 5 heteroatoms. The van der Waals surface area contributed by atoms with Gasteiger partial charge >= 0.3 is 0 Å². The van der Waals surface area contributed by atoms with Gasteiger partial charge in [0.2, 0.25) is 0 Å². The quantitative estimate of drug-likeness (QED) is 0.795. The largest absolute Gasteiger partial charge is 0.493 e. The van der Waals surface area contributed by atoms with Crippen LogP contribution in [0.4, 0.5) is 0 Å². The molecule has 0 saturated carbocycles. The summed E-state index contributed by atoms with van der Waals surface area (Å²) in [5.74, 6) is 1.85. The number of hydrogen-bond acceptors (Lipinski definition) is 4. The van der Waals surface area contributed by atoms with Crippen LogP contribution in [0.5, 0.6) is 11.5 Å². The molecular formula is C12H12ClNO2S. The maximum atomic E-state index is 5.74. The summed E-state index contributed by atoms with van der Waals surface area (Å²) < 4.78 is 10.4. The highest BCUT2D eigenvalue weighted by molar-refractivity contribution is 7.10. The van der Waals surface area contributed by atoms with Gasteiger partial charge in [0.1, 0.15) is 5.01 Å². The molecule has 90 valence electrons. The molecular weight excluding hydrogens is 258 g/mol. The van der Waals surface area contributed by atoms with E-state index >= 15 is 0 Å². The Morgan fingerprint density at radius 2 is 2.00 bits per heavy atom. The van der Waals surface area contributed by atoms with Crippen molar-refractivity contribution in [2.75, 3.05) is 14.2 Å². The first-order valence-corrected chi connectivity index (χ1v) is 6.42. The molecule has 0 atom stereocenters. The second kappa shape index (κ2) is 5.38. The Morgan fingerprint density at radius 3 is 2.59 bits per heavy atom. The monoisotopic (exact) mass is 269 g/mol. The van der Waals surface area contributed by atoms with Crippen molar-refractivity contribution >= 4 is 22.9 Å². The van der Waals surface area contributed by atoms with Gasteiger partial charge in [-0.3, -0.25) is 0 Å². The molecule has 0 aliphatic carbocycles. The van der Waals surface area contributed by atoms with E-state index in [1.807, 2.05) is 23.6 Å². The van der Waals surface area contributed by atoms with Crippen molar-refractivity contribution in [3.8, 4) is 22.8 Å². The van der Waals surface area contributed by atoms with Crippen molar-refractivity contribution in [3.05, 3.63) is 28.6 Å². The standard InChI is InChI=1S/C12H12ClNO2S/c1-15-10-4-3-8(5-11(10)16-2)9-7-17-12(6-13)14-9/h3-5,7H,6H2,1-2H3. The van der Waals surface area contributed by atoms with Crippen molar-refractivity contribution < 1.29 is 9.47 Å². The molecule has 0 saturated heterocycles. The zero-order valence-electron chi connectivity index (χ0n) is 9.57. The van der Waals surface area contributed by atoms with Gasteiger partial charge in [-0.1, -0.05) is 0 Å². The van der Waals surface area contributed by atoms with Gasteiger partial charge in [-0.15, -0.1) is 22.9 Å². The maximum Gasteiger partial charge on any atom is 0.161 e. The van der Waals surface area contributed by atoms with Crippen molar-refractivity contribution in [3.63, 3.8) is 0 Å². The summed E-state index contributed by atoms with van der Waals surface area (Å²) in [6.45, 7) is 0. The molecule has 0 spiro atoms. The third-order valence-corrected chi connectivity index (χ3v) is 3.61. The Morgan fingerprint density at radius 1 is 1.24 bits per heavy atom. The van der Waals surface area contributed by atoms with Gasteiger partial charge in [0, 0.05) is 10.9 Å². The van der Waals surface area contributed by atoms with Crippen LogP contribution >= 0.6 is 22.9 Å². The minimum absolute atomic E-state index is 0.442. The summed E-state index contributed by atoms with van der Waals surface area (Å²) in [5.41, 5.74) is 1.90. The van der Waals surface area contributed by atoms with Crippen LogP contribution in [-0.4, -0.2) is 19.2 Å². The number of ether oxygens (including phenoxy) is 2. The van der Waals surface area contributed by atoms with Crippen LogP contribution in [0.3, 0.4) is 0 Å². The number of methoxy groups -OCH3 is 2. The number of nitrogens with zero attached hydrogens (tertiary/aromatic N) is 1. The molecule has 0 unspecified atom stereocenters. The Kier molecular flexibility index (Phi) is 3.86. The maximum absolute atomic E-state index is 5.74. The molecule has 2 aromatic rings. The van der Waals surface area contributed by atoms with E-state index in [-0.39, 0.29) is 0 Å². The van der Waals surface area contributed by atoms with Crippen LogP contribution in [0.1, 0.15) is 5.01 Å². The Balaban J connectivity index is 2.38. The lowest BCUT2D eigenvalue weighted by Gasteiger charge is -2.08. The molecule has 2 rings (SSSR count). The van der Waals surface area contributed by atoms with Gasteiger partial charge in [0.25, 0.3) is 0 Å². The van der Waals surface area contributed by atoms with Gasteiger partial charge in [0.15, 0.2) is 11.5 Å². The summed E-state index contributed by atoms with van der Waals surface area (Å²) in [6, 6.07) is 5.73. The van der Waals surface area contributed by atoms with E-state index in [0.717, 1.165) is 16.3 Å². The van der Waals surface area contributed by atoms with Crippen molar-refractivity contribution in [1.82, 2.24) is 4.98 Å². The lowest BCUT2D eigenvalue weighted by molar-refractivity contribution is 0.355. The fourth-order valence-corrected chi connectivity index (χ4v) is 2.40. The van der Waals surface area contributed by atoms with Gasteiger partial charge in [0.05, 0.1) is 25.8 Å². The van der Waals surface area contributed by atoms with Gasteiger partial charge in [-0.2, -0.15) is 0 Å². The lowest BCUT2D eigenvalue weighted by Crippen LogP contribution is -1.91. The van der Waals surface area contributed by atoms with E-state index in [1.165, 1.54) is 0 Å². The SMILES string of the molecule is COc1ccc(-c2csc(CCl)n2)cc1OC. The number of aromatic nitrogens is 1.